The lowest BCUT2D eigenvalue weighted by molar-refractivity contribution is 0.591. The van der Waals surface area contributed by atoms with E-state index in [2.05, 4.69) is 10.3 Å². The van der Waals surface area contributed by atoms with Crippen molar-refractivity contribution in [2.24, 2.45) is 5.73 Å². The Morgan fingerprint density at radius 3 is 3.14 bits per heavy atom. The average molecular weight is 191 g/mol. The summed E-state index contributed by atoms with van der Waals surface area (Å²) in [6, 6.07) is 6.09. The molecule has 4 heteroatoms. The van der Waals surface area contributed by atoms with Crippen molar-refractivity contribution in [1.82, 2.24) is 10.3 Å². The predicted octanol–water partition coefficient (Wildman–Crippen LogP) is 1.05. The summed E-state index contributed by atoms with van der Waals surface area (Å²) in [5.41, 5.74) is 8.43. The van der Waals surface area contributed by atoms with Crippen molar-refractivity contribution in [3.63, 3.8) is 0 Å². The Morgan fingerprint density at radius 2 is 2.43 bits per heavy atom. The summed E-state index contributed by atoms with van der Waals surface area (Å²) in [7, 11) is 1.89. The normalized spacial score (nSPS) is 13.3. The van der Waals surface area contributed by atoms with Gasteiger partial charge >= 0.3 is 0 Å². The summed E-state index contributed by atoms with van der Waals surface area (Å²) in [5, 5.41) is 3.14. The van der Waals surface area contributed by atoms with Gasteiger partial charge in [0.25, 0.3) is 0 Å². The maximum absolute atomic E-state index is 5.63. The van der Waals surface area contributed by atoms with E-state index in [-0.39, 0.29) is 6.04 Å². The van der Waals surface area contributed by atoms with E-state index in [0.29, 0.717) is 6.54 Å². The van der Waals surface area contributed by atoms with Gasteiger partial charge < -0.3 is 15.5 Å². The molecule has 3 N–H and O–H groups in total. The monoisotopic (exact) mass is 191 g/mol. The average Bonchev–Trinajstić information content (AvgIpc) is 2.66. The third-order valence-electron chi connectivity index (χ3n) is 2.34. The molecule has 74 valence electrons. The van der Waals surface area contributed by atoms with Crippen LogP contribution >= 0.6 is 0 Å². The van der Waals surface area contributed by atoms with E-state index >= 15 is 0 Å². The summed E-state index contributed by atoms with van der Waals surface area (Å²) in [6.45, 7) is 0.566. The number of rotatable bonds is 3. The van der Waals surface area contributed by atoms with Gasteiger partial charge in [-0.2, -0.15) is 0 Å². The van der Waals surface area contributed by atoms with E-state index in [1.165, 1.54) is 6.39 Å². The SMILES string of the molecule is CNC(CN)c1ccc2ncoc2c1. The molecule has 0 bridgehead atoms. The third kappa shape index (κ3) is 1.49. The number of benzene rings is 1. The van der Waals surface area contributed by atoms with Gasteiger partial charge in [-0.15, -0.1) is 0 Å². The van der Waals surface area contributed by atoms with Gasteiger partial charge in [-0.3, -0.25) is 0 Å². The molecule has 4 nitrogen and oxygen atoms in total. The molecule has 0 amide bonds. The molecule has 0 saturated heterocycles. The van der Waals surface area contributed by atoms with Crippen LogP contribution in [-0.2, 0) is 0 Å². The molecule has 0 spiro atoms. The lowest BCUT2D eigenvalue weighted by Crippen LogP contribution is -2.24. The van der Waals surface area contributed by atoms with Gasteiger partial charge in [0.15, 0.2) is 12.0 Å². The zero-order chi connectivity index (χ0) is 9.97. The minimum absolute atomic E-state index is 0.171. The molecule has 2 aromatic rings. The lowest BCUT2D eigenvalue weighted by atomic mass is 10.1. The second-order valence-electron chi connectivity index (χ2n) is 3.16. The Hall–Kier alpha value is -1.39. The number of hydrogen-bond acceptors (Lipinski definition) is 4. The topological polar surface area (TPSA) is 64.1 Å². The van der Waals surface area contributed by atoms with Gasteiger partial charge in [0.1, 0.15) is 5.52 Å². The minimum Gasteiger partial charge on any atom is -0.443 e. The third-order valence-corrected chi connectivity index (χ3v) is 2.34. The summed E-state index contributed by atoms with van der Waals surface area (Å²) < 4.78 is 5.22. The van der Waals surface area contributed by atoms with Gasteiger partial charge in [0.2, 0.25) is 0 Å². The van der Waals surface area contributed by atoms with Crippen molar-refractivity contribution >= 4 is 11.1 Å². The maximum atomic E-state index is 5.63. The standard InChI is InChI=1S/C10H13N3O/c1-12-9(5-11)7-2-3-8-10(4-7)14-6-13-8/h2-4,6,9,12H,5,11H2,1H3. The van der Waals surface area contributed by atoms with Crippen molar-refractivity contribution in [1.29, 1.82) is 0 Å². The zero-order valence-electron chi connectivity index (χ0n) is 8.03. The highest BCUT2D eigenvalue weighted by Gasteiger charge is 2.08. The fourth-order valence-electron chi connectivity index (χ4n) is 1.51. The van der Waals surface area contributed by atoms with Gasteiger partial charge in [-0.05, 0) is 24.7 Å². The number of oxazole rings is 1. The van der Waals surface area contributed by atoms with E-state index in [1.54, 1.807) is 0 Å². The van der Waals surface area contributed by atoms with Crippen LogP contribution in [0.1, 0.15) is 11.6 Å². The molecular formula is C10H13N3O. The van der Waals surface area contributed by atoms with Crippen LogP contribution in [0.3, 0.4) is 0 Å². The highest BCUT2D eigenvalue weighted by atomic mass is 16.3. The zero-order valence-corrected chi connectivity index (χ0v) is 8.03. The maximum Gasteiger partial charge on any atom is 0.181 e. The van der Waals surface area contributed by atoms with Crippen LogP contribution in [0, 0.1) is 0 Å². The Kier molecular flexibility index (Phi) is 2.47. The Balaban J connectivity index is 2.42. The first-order chi connectivity index (χ1) is 6.85. The first kappa shape index (κ1) is 9.18. The summed E-state index contributed by atoms with van der Waals surface area (Å²) >= 11 is 0. The molecule has 0 radical (unpaired) electrons. The number of fused-ring (bicyclic) bond motifs is 1. The molecule has 1 atom stereocenters. The highest BCUT2D eigenvalue weighted by molar-refractivity contribution is 5.72. The molecular weight excluding hydrogens is 178 g/mol. The molecule has 1 unspecified atom stereocenters. The first-order valence-electron chi connectivity index (χ1n) is 4.55. The Morgan fingerprint density at radius 1 is 1.57 bits per heavy atom. The number of hydrogen-bond donors (Lipinski definition) is 2. The summed E-state index contributed by atoms with van der Waals surface area (Å²) in [6.07, 6.45) is 1.45. The van der Waals surface area contributed by atoms with Gasteiger partial charge in [0.05, 0.1) is 0 Å². The van der Waals surface area contributed by atoms with Crippen LogP contribution in [0.5, 0.6) is 0 Å². The molecule has 1 aromatic heterocycles. The van der Waals surface area contributed by atoms with Crippen LogP contribution in [0.2, 0.25) is 0 Å². The van der Waals surface area contributed by atoms with Crippen molar-refractivity contribution in [2.45, 2.75) is 6.04 Å². The van der Waals surface area contributed by atoms with E-state index < -0.39 is 0 Å². The van der Waals surface area contributed by atoms with Crippen LogP contribution < -0.4 is 11.1 Å². The molecule has 1 heterocycles. The molecule has 14 heavy (non-hydrogen) atoms. The van der Waals surface area contributed by atoms with Crippen molar-refractivity contribution in [3.8, 4) is 0 Å². The van der Waals surface area contributed by atoms with E-state index in [1.807, 2.05) is 25.2 Å². The molecule has 0 aliphatic rings. The van der Waals surface area contributed by atoms with Crippen molar-refractivity contribution in [3.05, 3.63) is 30.2 Å². The number of nitrogens with one attached hydrogen (secondary N) is 1. The molecule has 0 saturated carbocycles. The smallest absolute Gasteiger partial charge is 0.181 e. The molecule has 2 rings (SSSR count). The molecule has 0 fully saturated rings. The van der Waals surface area contributed by atoms with Gasteiger partial charge in [-0.1, -0.05) is 6.07 Å². The second-order valence-corrected chi connectivity index (χ2v) is 3.16. The number of nitrogens with zero attached hydrogens (tertiary/aromatic N) is 1. The molecule has 1 aromatic carbocycles. The van der Waals surface area contributed by atoms with E-state index in [9.17, 15) is 0 Å². The number of likely N-dealkylation sites (N-methyl/N-ethyl adjacent to an activating group) is 1. The molecule has 0 aliphatic carbocycles. The van der Waals surface area contributed by atoms with Gasteiger partial charge in [-0.25, -0.2) is 4.98 Å². The van der Waals surface area contributed by atoms with Crippen LogP contribution in [0.4, 0.5) is 0 Å². The summed E-state index contributed by atoms with van der Waals surface area (Å²) in [4.78, 5) is 4.05. The van der Waals surface area contributed by atoms with Crippen molar-refractivity contribution < 1.29 is 4.42 Å². The fourth-order valence-corrected chi connectivity index (χ4v) is 1.51. The van der Waals surface area contributed by atoms with E-state index in [0.717, 1.165) is 16.7 Å². The highest BCUT2D eigenvalue weighted by Crippen LogP contribution is 2.18. The molecule has 0 aliphatic heterocycles. The van der Waals surface area contributed by atoms with Crippen LogP contribution in [0.25, 0.3) is 11.1 Å². The quantitative estimate of drug-likeness (QED) is 0.761. The largest absolute Gasteiger partial charge is 0.443 e. The van der Waals surface area contributed by atoms with E-state index in [4.69, 9.17) is 10.2 Å². The van der Waals surface area contributed by atoms with Crippen LogP contribution in [0.15, 0.2) is 29.0 Å². The summed E-state index contributed by atoms with van der Waals surface area (Å²) in [5.74, 6) is 0. The minimum atomic E-state index is 0.171. The number of aromatic nitrogens is 1. The van der Waals surface area contributed by atoms with Crippen molar-refractivity contribution in [2.75, 3.05) is 13.6 Å². The Labute approximate surface area is 82.1 Å². The fraction of sp³-hybridized carbons (Fsp3) is 0.300. The van der Waals surface area contributed by atoms with Crippen LogP contribution in [-0.4, -0.2) is 18.6 Å². The van der Waals surface area contributed by atoms with Gasteiger partial charge in [0, 0.05) is 12.6 Å². The Bertz CT molecular complexity index is 420. The second kappa shape index (κ2) is 3.77. The lowest BCUT2D eigenvalue weighted by Gasteiger charge is -2.13. The first-order valence-corrected chi connectivity index (χ1v) is 4.55. The number of nitrogens with two attached hydrogens (primary N) is 1. The predicted molar refractivity (Wildman–Crippen MR) is 54.9 cm³/mol.